The Labute approximate surface area is 236 Å². The van der Waals surface area contributed by atoms with Gasteiger partial charge in [-0.2, -0.15) is 8.42 Å². The Balaban J connectivity index is 2.06. The lowest BCUT2D eigenvalue weighted by molar-refractivity contribution is 0.0748. The Hall–Kier alpha value is -4.69. The molecule has 0 aliphatic carbocycles. The van der Waals surface area contributed by atoms with Gasteiger partial charge < -0.3 is 25.7 Å². The minimum absolute atomic E-state index is 0.0107. The molecule has 3 rings (SSSR count). The van der Waals surface area contributed by atoms with Crippen LogP contribution in [-0.4, -0.2) is 66.0 Å². The summed E-state index contributed by atoms with van der Waals surface area (Å²) in [5.41, 5.74) is 5.41. The van der Waals surface area contributed by atoms with Crippen molar-refractivity contribution in [1.29, 1.82) is 5.41 Å². The van der Waals surface area contributed by atoms with Gasteiger partial charge in [0.05, 0.1) is 41.9 Å². The first-order valence-corrected chi connectivity index (χ1v) is 14.0. The van der Waals surface area contributed by atoms with E-state index >= 15 is 0 Å². The van der Waals surface area contributed by atoms with Crippen LogP contribution in [0.25, 0.3) is 11.1 Å². The number of hydrogen-bond acceptors (Lipinski definition) is 10. The van der Waals surface area contributed by atoms with Crippen LogP contribution >= 0.6 is 0 Å². The molecule has 0 radical (unpaired) electrons. The molecule has 0 aliphatic heterocycles. The summed E-state index contributed by atoms with van der Waals surface area (Å²) < 4.78 is 28.1. The summed E-state index contributed by atoms with van der Waals surface area (Å²) in [5.74, 6) is -2.74. The van der Waals surface area contributed by atoms with E-state index in [9.17, 15) is 27.9 Å². The number of nitrogen functional groups attached to an aromatic ring is 1. The smallest absolute Gasteiger partial charge is 0.354 e. The second-order valence-corrected chi connectivity index (χ2v) is 11.7. The Kier molecular flexibility index (Phi) is 9.20. The standard InChI is InChI=1S/C27H30N6O7S/c1-27(2,3)22(14-34)33-24(35)15-5-7-17(19(11-15)26(37)40-41(4,38)39)20-13-30-10-9-18(20)25(36)32-16-6-8-21(23(28)29)31-12-16/h5-13,22,34H,14H2,1-4H3,(H3,28,29)(H,32,36)(H,33,35)/t22-/m1/s1. The number of benzene rings is 1. The monoisotopic (exact) mass is 582 g/mol. The number of aliphatic hydroxyl groups is 1. The summed E-state index contributed by atoms with van der Waals surface area (Å²) >= 11 is 0. The first kappa shape index (κ1) is 30.8. The molecule has 0 spiro atoms. The number of amides is 2. The molecule has 0 aliphatic rings. The van der Waals surface area contributed by atoms with E-state index in [0.29, 0.717) is 11.9 Å². The van der Waals surface area contributed by atoms with E-state index in [0.717, 1.165) is 6.07 Å². The number of amidine groups is 1. The number of aromatic nitrogens is 2. The van der Waals surface area contributed by atoms with Gasteiger partial charge in [0.1, 0.15) is 11.5 Å². The van der Waals surface area contributed by atoms with Crippen LogP contribution in [0.1, 0.15) is 57.5 Å². The maximum Gasteiger partial charge on any atom is 0.354 e. The molecule has 2 amide bonds. The predicted octanol–water partition coefficient (Wildman–Crippen LogP) is 1.93. The molecule has 13 nitrogen and oxygen atoms in total. The minimum atomic E-state index is -4.23. The van der Waals surface area contributed by atoms with Crippen molar-refractivity contribution in [2.75, 3.05) is 18.2 Å². The van der Waals surface area contributed by atoms with Crippen molar-refractivity contribution >= 4 is 39.4 Å². The number of nitrogens with two attached hydrogens (primary N) is 1. The highest BCUT2D eigenvalue weighted by molar-refractivity contribution is 7.86. The first-order valence-electron chi connectivity index (χ1n) is 12.2. The van der Waals surface area contributed by atoms with Crippen molar-refractivity contribution in [3.05, 3.63) is 77.4 Å². The van der Waals surface area contributed by atoms with Crippen molar-refractivity contribution < 1.29 is 32.1 Å². The van der Waals surface area contributed by atoms with Crippen LogP contribution in [0.5, 0.6) is 0 Å². The van der Waals surface area contributed by atoms with Gasteiger partial charge in [0.2, 0.25) is 0 Å². The molecule has 0 unspecified atom stereocenters. The van der Waals surface area contributed by atoms with Gasteiger partial charge in [-0.25, -0.2) is 4.79 Å². The first-order chi connectivity index (χ1) is 19.1. The fraction of sp³-hybridized carbons (Fsp3) is 0.259. The van der Waals surface area contributed by atoms with Crippen molar-refractivity contribution in [3.8, 4) is 11.1 Å². The van der Waals surface area contributed by atoms with Crippen molar-refractivity contribution in [2.45, 2.75) is 26.8 Å². The number of hydrogen-bond donors (Lipinski definition) is 5. The number of carbonyl (C=O) groups excluding carboxylic acids is 3. The van der Waals surface area contributed by atoms with E-state index in [1.807, 2.05) is 20.8 Å². The van der Waals surface area contributed by atoms with Crippen LogP contribution in [0, 0.1) is 10.8 Å². The Morgan fingerprint density at radius 3 is 2.32 bits per heavy atom. The minimum Gasteiger partial charge on any atom is -0.394 e. The molecule has 3 aromatic rings. The molecule has 1 atom stereocenters. The largest absolute Gasteiger partial charge is 0.394 e. The Bertz CT molecular complexity index is 1600. The van der Waals surface area contributed by atoms with Gasteiger partial charge in [-0.15, -0.1) is 0 Å². The summed E-state index contributed by atoms with van der Waals surface area (Å²) in [4.78, 5) is 47.3. The van der Waals surface area contributed by atoms with Gasteiger partial charge in [0.25, 0.3) is 11.8 Å². The third-order valence-corrected chi connectivity index (χ3v) is 6.37. The molecule has 6 N–H and O–H groups in total. The van der Waals surface area contributed by atoms with Crippen molar-refractivity contribution in [3.63, 3.8) is 0 Å². The molecular formula is C27H30N6O7S. The summed E-state index contributed by atoms with van der Waals surface area (Å²) in [5, 5.41) is 22.5. The Morgan fingerprint density at radius 1 is 1.05 bits per heavy atom. The topological polar surface area (TPSA) is 215 Å². The van der Waals surface area contributed by atoms with E-state index in [1.54, 1.807) is 0 Å². The van der Waals surface area contributed by atoms with E-state index in [-0.39, 0.29) is 46.0 Å². The number of nitrogens with one attached hydrogen (secondary N) is 3. The average molecular weight is 583 g/mol. The van der Waals surface area contributed by atoms with Crippen molar-refractivity contribution in [1.82, 2.24) is 15.3 Å². The molecule has 14 heteroatoms. The third kappa shape index (κ3) is 7.93. The van der Waals surface area contributed by atoms with Crippen LogP contribution in [0.2, 0.25) is 0 Å². The highest BCUT2D eigenvalue weighted by atomic mass is 32.2. The zero-order valence-electron chi connectivity index (χ0n) is 22.8. The van der Waals surface area contributed by atoms with Crippen LogP contribution in [0.3, 0.4) is 0 Å². The predicted molar refractivity (Wildman–Crippen MR) is 151 cm³/mol. The Morgan fingerprint density at radius 2 is 1.76 bits per heavy atom. The zero-order chi connectivity index (χ0) is 30.5. The lowest BCUT2D eigenvalue weighted by Crippen LogP contribution is -2.46. The fourth-order valence-electron chi connectivity index (χ4n) is 3.68. The van der Waals surface area contributed by atoms with Gasteiger partial charge in [0.15, 0.2) is 0 Å². The molecule has 0 saturated heterocycles. The van der Waals surface area contributed by atoms with Crippen LogP contribution in [0.15, 0.2) is 55.0 Å². The van der Waals surface area contributed by atoms with Crippen LogP contribution in [0.4, 0.5) is 5.69 Å². The second-order valence-electron chi connectivity index (χ2n) is 10.1. The number of carbonyl (C=O) groups is 3. The van der Waals surface area contributed by atoms with E-state index in [2.05, 4.69) is 24.8 Å². The summed E-state index contributed by atoms with van der Waals surface area (Å²) in [6, 6.07) is 7.64. The highest BCUT2D eigenvalue weighted by Gasteiger charge is 2.28. The van der Waals surface area contributed by atoms with Gasteiger partial charge in [-0.3, -0.25) is 25.0 Å². The maximum atomic E-state index is 13.2. The number of aliphatic hydroxyl groups excluding tert-OH is 1. The molecule has 41 heavy (non-hydrogen) atoms. The maximum absolute atomic E-state index is 13.2. The van der Waals surface area contributed by atoms with Gasteiger partial charge in [0, 0.05) is 23.5 Å². The molecular weight excluding hydrogens is 552 g/mol. The molecule has 0 bridgehead atoms. The molecule has 2 aromatic heterocycles. The summed E-state index contributed by atoms with van der Waals surface area (Å²) in [6.45, 7) is 5.15. The third-order valence-electron chi connectivity index (χ3n) is 5.92. The summed E-state index contributed by atoms with van der Waals surface area (Å²) in [6.07, 6.45) is 4.67. The van der Waals surface area contributed by atoms with Crippen LogP contribution < -0.4 is 16.4 Å². The van der Waals surface area contributed by atoms with E-state index in [1.165, 1.54) is 48.9 Å². The normalized spacial score (nSPS) is 12.2. The van der Waals surface area contributed by atoms with Gasteiger partial charge in [-0.1, -0.05) is 26.8 Å². The van der Waals surface area contributed by atoms with E-state index in [4.69, 9.17) is 11.1 Å². The van der Waals surface area contributed by atoms with Crippen molar-refractivity contribution in [2.24, 2.45) is 11.1 Å². The van der Waals surface area contributed by atoms with E-state index < -0.39 is 39.4 Å². The molecule has 2 heterocycles. The second kappa shape index (κ2) is 12.2. The van der Waals surface area contributed by atoms with Crippen LogP contribution in [-0.2, 0) is 14.3 Å². The highest BCUT2D eigenvalue weighted by Crippen LogP contribution is 2.30. The molecule has 0 saturated carbocycles. The van der Waals surface area contributed by atoms with Gasteiger partial charge in [-0.05, 0) is 41.3 Å². The number of rotatable bonds is 9. The zero-order valence-corrected chi connectivity index (χ0v) is 23.6. The number of pyridine rings is 2. The molecule has 1 aromatic carbocycles. The quantitative estimate of drug-likeness (QED) is 0.140. The number of nitrogens with zero attached hydrogens (tertiary/aromatic N) is 2. The molecule has 0 fully saturated rings. The lowest BCUT2D eigenvalue weighted by atomic mass is 9.87. The summed E-state index contributed by atoms with van der Waals surface area (Å²) in [7, 11) is -4.23. The van der Waals surface area contributed by atoms with Gasteiger partial charge >= 0.3 is 16.1 Å². The molecule has 216 valence electrons. The fourth-order valence-corrected chi connectivity index (χ4v) is 4.05. The number of anilines is 1. The average Bonchev–Trinajstić information content (AvgIpc) is 2.89. The lowest BCUT2D eigenvalue weighted by Gasteiger charge is -2.29. The SMILES string of the molecule is CC(C)(C)[C@@H](CO)NC(=O)c1ccc(-c2cnccc2C(=O)Nc2ccc(C(=N)N)nc2)c(C(=O)OS(C)(=O)=O)c1.